The van der Waals surface area contributed by atoms with Gasteiger partial charge in [-0.25, -0.2) is 0 Å². The molecule has 3 heteroatoms. The van der Waals surface area contributed by atoms with Gasteiger partial charge in [0.15, 0.2) is 0 Å². The molecule has 1 fully saturated rings. The molecule has 0 spiro atoms. The summed E-state index contributed by atoms with van der Waals surface area (Å²) in [6.07, 6.45) is 1.25. The molecule has 0 aromatic heterocycles. The number of hydrogen-bond acceptors (Lipinski definition) is 2. The van der Waals surface area contributed by atoms with Gasteiger partial charge in [0.2, 0.25) is 0 Å². The van der Waals surface area contributed by atoms with E-state index in [0.717, 1.165) is 13.1 Å². The summed E-state index contributed by atoms with van der Waals surface area (Å²) < 4.78 is 0. The lowest BCUT2D eigenvalue weighted by molar-refractivity contribution is 0.250. The second-order valence-electron chi connectivity index (χ2n) is 6.26. The fourth-order valence-electron chi connectivity index (χ4n) is 3.19. The van der Waals surface area contributed by atoms with Gasteiger partial charge in [0.1, 0.15) is 0 Å². The number of hydrogen-bond donors (Lipinski definition) is 0. The van der Waals surface area contributed by atoms with E-state index >= 15 is 0 Å². The molecule has 1 unspecified atom stereocenters. The van der Waals surface area contributed by atoms with Crippen molar-refractivity contribution in [2.24, 2.45) is 0 Å². The van der Waals surface area contributed by atoms with Gasteiger partial charge in [0.05, 0.1) is 0 Å². The molecular formula is C20H27ClN2. The van der Waals surface area contributed by atoms with Crippen LogP contribution in [0.5, 0.6) is 0 Å². The number of piperazine rings is 1. The van der Waals surface area contributed by atoms with Crippen LogP contribution in [0.1, 0.15) is 24.8 Å². The Hall–Kier alpha value is -1.51. The predicted molar refractivity (Wildman–Crippen MR) is 102 cm³/mol. The van der Waals surface area contributed by atoms with Crippen LogP contribution in [0.25, 0.3) is 0 Å². The van der Waals surface area contributed by atoms with Gasteiger partial charge < -0.3 is 4.90 Å². The Morgan fingerprint density at radius 2 is 1.39 bits per heavy atom. The molecule has 0 bridgehead atoms. The van der Waals surface area contributed by atoms with E-state index in [-0.39, 0.29) is 12.4 Å². The molecule has 0 aliphatic carbocycles. The first kappa shape index (κ1) is 17.8. The van der Waals surface area contributed by atoms with Crippen LogP contribution in [0.4, 0.5) is 5.69 Å². The monoisotopic (exact) mass is 330 g/mol. The van der Waals surface area contributed by atoms with Gasteiger partial charge >= 0.3 is 0 Å². The third-order valence-corrected chi connectivity index (χ3v) is 4.74. The average molecular weight is 331 g/mol. The first-order valence-corrected chi connectivity index (χ1v) is 8.40. The van der Waals surface area contributed by atoms with E-state index < -0.39 is 0 Å². The highest BCUT2D eigenvalue weighted by Crippen LogP contribution is 2.20. The zero-order valence-corrected chi connectivity index (χ0v) is 14.7. The van der Waals surface area contributed by atoms with E-state index in [1.54, 1.807) is 0 Å². The molecule has 1 aliphatic rings. The Balaban J connectivity index is 0.00000192. The molecule has 23 heavy (non-hydrogen) atoms. The first-order valence-electron chi connectivity index (χ1n) is 8.40. The van der Waals surface area contributed by atoms with Crippen LogP contribution in [0.2, 0.25) is 0 Å². The molecule has 1 aliphatic heterocycles. The van der Waals surface area contributed by atoms with Gasteiger partial charge in [-0.1, -0.05) is 55.5 Å². The smallest absolute Gasteiger partial charge is 0.0367 e. The normalized spacial score (nSPS) is 16.7. The van der Waals surface area contributed by atoms with Crippen molar-refractivity contribution in [3.63, 3.8) is 0 Å². The summed E-state index contributed by atoms with van der Waals surface area (Å²) in [6.45, 7) is 8.19. The molecule has 2 nitrogen and oxygen atoms in total. The maximum atomic E-state index is 2.61. The molecule has 2 aromatic rings. The lowest BCUT2D eigenvalue weighted by Gasteiger charge is -2.36. The zero-order valence-electron chi connectivity index (χ0n) is 13.9. The second kappa shape index (κ2) is 8.95. The van der Waals surface area contributed by atoms with Gasteiger partial charge in [-0.05, 0) is 36.6 Å². The van der Waals surface area contributed by atoms with E-state index in [9.17, 15) is 0 Å². The molecule has 0 N–H and O–H groups in total. The summed E-state index contributed by atoms with van der Waals surface area (Å²) in [7, 11) is 0. The molecule has 0 saturated carbocycles. The van der Waals surface area contributed by atoms with Crippen molar-refractivity contribution in [2.75, 3.05) is 37.6 Å². The fraction of sp³-hybridized carbons (Fsp3) is 0.400. The van der Waals surface area contributed by atoms with E-state index in [2.05, 4.69) is 77.4 Å². The van der Waals surface area contributed by atoms with Gasteiger partial charge in [0.25, 0.3) is 0 Å². The molecular weight excluding hydrogens is 304 g/mol. The third-order valence-electron chi connectivity index (χ3n) is 4.74. The lowest BCUT2D eigenvalue weighted by Crippen LogP contribution is -2.46. The largest absolute Gasteiger partial charge is 0.369 e. The Morgan fingerprint density at radius 1 is 0.826 bits per heavy atom. The van der Waals surface area contributed by atoms with E-state index in [0.29, 0.717) is 5.92 Å². The second-order valence-corrected chi connectivity index (χ2v) is 6.26. The summed E-state index contributed by atoms with van der Waals surface area (Å²) in [5, 5.41) is 0. The molecule has 1 saturated heterocycles. The number of halogens is 1. The Bertz CT molecular complexity index is 550. The Labute approximate surface area is 146 Å². The van der Waals surface area contributed by atoms with Gasteiger partial charge in [0, 0.05) is 31.9 Å². The lowest BCUT2D eigenvalue weighted by atomic mass is 9.97. The van der Waals surface area contributed by atoms with Crippen molar-refractivity contribution in [3.05, 3.63) is 66.2 Å². The van der Waals surface area contributed by atoms with Crippen LogP contribution in [0, 0.1) is 0 Å². The van der Waals surface area contributed by atoms with E-state index in [4.69, 9.17) is 0 Å². The average Bonchev–Trinajstić information content (AvgIpc) is 2.61. The van der Waals surface area contributed by atoms with Crippen molar-refractivity contribution >= 4 is 18.1 Å². The summed E-state index contributed by atoms with van der Waals surface area (Å²) in [4.78, 5) is 5.11. The van der Waals surface area contributed by atoms with Gasteiger partial charge in [-0.3, -0.25) is 4.90 Å². The zero-order chi connectivity index (χ0) is 15.2. The number of anilines is 1. The number of rotatable bonds is 5. The third kappa shape index (κ3) is 4.98. The molecule has 1 atom stereocenters. The Morgan fingerprint density at radius 3 is 2.00 bits per heavy atom. The maximum absolute atomic E-state index is 2.61. The fourth-order valence-corrected chi connectivity index (χ4v) is 3.19. The summed E-state index contributed by atoms with van der Waals surface area (Å²) in [5.74, 6) is 0.647. The van der Waals surface area contributed by atoms with Crippen LogP contribution in [0.3, 0.4) is 0 Å². The summed E-state index contributed by atoms with van der Waals surface area (Å²) >= 11 is 0. The topological polar surface area (TPSA) is 6.48 Å². The minimum Gasteiger partial charge on any atom is -0.369 e. The molecule has 124 valence electrons. The first-order chi connectivity index (χ1) is 10.8. The number of para-hydroxylation sites is 1. The minimum absolute atomic E-state index is 0. The van der Waals surface area contributed by atoms with E-state index in [1.807, 2.05) is 0 Å². The highest BCUT2D eigenvalue weighted by molar-refractivity contribution is 5.85. The predicted octanol–water partition coefficient (Wildman–Crippen LogP) is 4.42. The van der Waals surface area contributed by atoms with Crippen LogP contribution >= 0.6 is 12.4 Å². The molecule has 3 rings (SSSR count). The van der Waals surface area contributed by atoms with Crippen LogP contribution in [-0.4, -0.2) is 37.6 Å². The quantitative estimate of drug-likeness (QED) is 0.800. The highest BCUT2D eigenvalue weighted by Gasteiger charge is 2.17. The SMILES string of the molecule is CC(CCN1CCN(c2ccccc2)CC1)c1ccccc1.Cl. The van der Waals surface area contributed by atoms with Gasteiger partial charge in [-0.2, -0.15) is 0 Å². The van der Waals surface area contributed by atoms with E-state index in [1.165, 1.54) is 37.3 Å². The van der Waals surface area contributed by atoms with Crippen LogP contribution < -0.4 is 4.90 Å². The molecule has 0 amide bonds. The van der Waals surface area contributed by atoms with Crippen molar-refractivity contribution in [1.29, 1.82) is 0 Å². The van der Waals surface area contributed by atoms with Crippen molar-refractivity contribution in [2.45, 2.75) is 19.3 Å². The van der Waals surface area contributed by atoms with Crippen LogP contribution in [0.15, 0.2) is 60.7 Å². The Kier molecular flexibility index (Phi) is 6.94. The molecule has 0 radical (unpaired) electrons. The van der Waals surface area contributed by atoms with Gasteiger partial charge in [-0.15, -0.1) is 12.4 Å². The maximum Gasteiger partial charge on any atom is 0.0367 e. The molecule has 2 aromatic carbocycles. The van der Waals surface area contributed by atoms with Crippen LogP contribution in [-0.2, 0) is 0 Å². The minimum atomic E-state index is 0. The van der Waals surface area contributed by atoms with Crippen molar-refractivity contribution in [1.82, 2.24) is 4.90 Å². The van der Waals surface area contributed by atoms with Crippen molar-refractivity contribution < 1.29 is 0 Å². The van der Waals surface area contributed by atoms with Crippen molar-refractivity contribution in [3.8, 4) is 0 Å². The molecule has 1 heterocycles. The summed E-state index contributed by atoms with van der Waals surface area (Å²) in [5.41, 5.74) is 2.82. The number of benzene rings is 2. The number of nitrogens with zero attached hydrogens (tertiary/aromatic N) is 2. The standard InChI is InChI=1S/C20H26N2.ClH/c1-18(19-8-4-2-5-9-19)12-13-21-14-16-22(17-15-21)20-10-6-3-7-11-20;/h2-11,18H,12-17H2,1H3;1H. The highest BCUT2D eigenvalue weighted by atomic mass is 35.5. The summed E-state index contributed by atoms with van der Waals surface area (Å²) in [6, 6.07) is 21.7.